The highest BCUT2D eigenvalue weighted by molar-refractivity contribution is 7.20. The largest absolute Gasteiger partial charge is 0.494 e. The number of thiophene rings is 1. The van der Waals surface area contributed by atoms with Crippen LogP contribution in [0.5, 0.6) is 5.75 Å². The van der Waals surface area contributed by atoms with E-state index in [2.05, 4.69) is 15.3 Å². The second-order valence-corrected chi connectivity index (χ2v) is 7.91. The lowest BCUT2D eigenvalue weighted by molar-refractivity contribution is 0.0514. The Bertz CT molecular complexity index is 1170. The lowest BCUT2D eigenvalue weighted by atomic mass is 10.2. The summed E-state index contributed by atoms with van der Waals surface area (Å²) in [6.07, 6.45) is 2.18. The molecule has 0 spiro atoms. The number of aromatic nitrogens is 2. The molecule has 0 aliphatic heterocycles. The number of nitrogens with one attached hydrogen (secondary N) is 1. The Hall–Kier alpha value is -3.45. The van der Waals surface area contributed by atoms with Gasteiger partial charge in [-0.3, -0.25) is 0 Å². The Morgan fingerprint density at radius 3 is 2.58 bits per heavy atom. The summed E-state index contributed by atoms with van der Waals surface area (Å²) in [6, 6.07) is 17.6. The molecule has 0 radical (unpaired) electrons. The zero-order valence-corrected chi connectivity index (χ0v) is 18.2. The minimum absolute atomic E-state index is 0.330. The van der Waals surface area contributed by atoms with Crippen molar-refractivity contribution in [2.45, 2.75) is 20.3 Å². The molecule has 0 aliphatic carbocycles. The van der Waals surface area contributed by atoms with E-state index in [1.54, 1.807) is 0 Å². The number of rotatable bonds is 8. The van der Waals surface area contributed by atoms with Gasteiger partial charge in [-0.2, -0.15) is 0 Å². The summed E-state index contributed by atoms with van der Waals surface area (Å²) >= 11 is 1.33. The summed E-state index contributed by atoms with van der Waals surface area (Å²) in [5.41, 5.74) is 2.83. The van der Waals surface area contributed by atoms with E-state index >= 15 is 0 Å². The Morgan fingerprint density at radius 2 is 1.84 bits per heavy atom. The van der Waals surface area contributed by atoms with E-state index in [4.69, 9.17) is 9.47 Å². The minimum Gasteiger partial charge on any atom is -0.494 e. The van der Waals surface area contributed by atoms with Gasteiger partial charge in [-0.1, -0.05) is 30.3 Å². The summed E-state index contributed by atoms with van der Waals surface area (Å²) in [4.78, 5) is 22.8. The smallest absolute Gasteiger partial charge is 0.348 e. The molecular weight excluding hydrogens is 410 g/mol. The van der Waals surface area contributed by atoms with Gasteiger partial charge < -0.3 is 14.8 Å². The van der Waals surface area contributed by atoms with Crippen molar-refractivity contribution in [1.29, 1.82) is 0 Å². The second-order valence-electron chi connectivity index (χ2n) is 6.91. The zero-order chi connectivity index (χ0) is 21.6. The van der Waals surface area contributed by atoms with Crippen LogP contribution in [0.3, 0.4) is 0 Å². The fraction of sp³-hybridized carbons (Fsp3) is 0.208. The maximum Gasteiger partial charge on any atom is 0.348 e. The molecule has 1 N–H and O–H groups in total. The van der Waals surface area contributed by atoms with Crippen LogP contribution in [0.4, 0.5) is 11.5 Å². The zero-order valence-electron chi connectivity index (χ0n) is 17.4. The summed E-state index contributed by atoms with van der Waals surface area (Å²) in [6.45, 7) is 4.81. The molecule has 2 aromatic carbocycles. The van der Waals surface area contributed by atoms with E-state index in [1.165, 1.54) is 17.7 Å². The SMILES string of the molecule is CCOc1ccc(Nc2ncnc3sc(C(=O)OCCc4ccccc4)c(C)c23)cc1. The van der Waals surface area contributed by atoms with E-state index in [0.717, 1.165) is 32.8 Å². The summed E-state index contributed by atoms with van der Waals surface area (Å²) in [5.74, 6) is 1.14. The molecule has 0 atom stereocenters. The molecule has 0 fully saturated rings. The molecular formula is C24H23N3O3S. The summed E-state index contributed by atoms with van der Waals surface area (Å²) in [5, 5.41) is 4.15. The van der Waals surface area contributed by atoms with Crippen molar-refractivity contribution in [1.82, 2.24) is 9.97 Å². The van der Waals surface area contributed by atoms with Crippen molar-refractivity contribution in [2.75, 3.05) is 18.5 Å². The van der Waals surface area contributed by atoms with E-state index < -0.39 is 0 Å². The maximum atomic E-state index is 12.7. The standard InChI is InChI=1S/C24H23N3O3S/c1-3-29-19-11-9-18(10-12-19)27-22-20-16(2)21(31-23(20)26-15-25-22)24(28)30-14-13-17-7-5-4-6-8-17/h4-12,15H,3,13-14H2,1-2H3,(H,25,26,27). The van der Waals surface area contributed by atoms with Gasteiger partial charge in [0.15, 0.2) is 0 Å². The first kappa shape index (κ1) is 20.8. The van der Waals surface area contributed by atoms with E-state index in [9.17, 15) is 4.79 Å². The van der Waals surface area contributed by atoms with Crippen LogP contribution in [0, 0.1) is 6.92 Å². The fourth-order valence-electron chi connectivity index (χ4n) is 3.27. The monoisotopic (exact) mass is 433 g/mol. The van der Waals surface area contributed by atoms with Gasteiger partial charge in [0.1, 0.15) is 27.6 Å². The number of nitrogens with zero attached hydrogens (tertiary/aromatic N) is 2. The fourth-order valence-corrected chi connectivity index (χ4v) is 4.31. The lowest BCUT2D eigenvalue weighted by Crippen LogP contribution is -2.07. The van der Waals surface area contributed by atoms with Crippen molar-refractivity contribution in [3.8, 4) is 5.75 Å². The molecule has 2 heterocycles. The molecule has 2 aromatic heterocycles. The van der Waals surface area contributed by atoms with Gasteiger partial charge in [0, 0.05) is 12.1 Å². The molecule has 6 nitrogen and oxygen atoms in total. The van der Waals surface area contributed by atoms with Gasteiger partial charge in [0.05, 0.1) is 18.6 Å². The minimum atomic E-state index is -0.330. The van der Waals surface area contributed by atoms with Crippen molar-refractivity contribution < 1.29 is 14.3 Å². The quantitative estimate of drug-likeness (QED) is 0.368. The lowest BCUT2D eigenvalue weighted by Gasteiger charge is -2.09. The second kappa shape index (κ2) is 9.57. The maximum absolute atomic E-state index is 12.7. The summed E-state index contributed by atoms with van der Waals surface area (Å²) in [7, 11) is 0. The van der Waals surface area contributed by atoms with Gasteiger partial charge in [0.2, 0.25) is 0 Å². The van der Waals surface area contributed by atoms with Crippen LogP contribution in [0.1, 0.15) is 27.7 Å². The van der Waals surface area contributed by atoms with Crippen LogP contribution < -0.4 is 10.1 Å². The molecule has 0 saturated heterocycles. The van der Waals surface area contributed by atoms with Gasteiger partial charge in [0.25, 0.3) is 0 Å². The van der Waals surface area contributed by atoms with Crippen molar-refractivity contribution >= 4 is 39.0 Å². The molecule has 0 bridgehead atoms. The summed E-state index contributed by atoms with van der Waals surface area (Å²) < 4.78 is 11.0. The highest BCUT2D eigenvalue weighted by atomic mass is 32.1. The van der Waals surface area contributed by atoms with Gasteiger partial charge in [-0.15, -0.1) is 11.3 Å². The third-order valence-corrected chi connectivity index (χ3v) is 5.99. The molecule has 7 heteroatoms. The van der Waals surface area contributed by atoms with Gasteiger partial charge >= 0.3 is 5.97 Å². The number of carbonyl (C=O) groups excluding carboxylic acids is 1. The molecule has 0 amide bonds. The highest BCUT2D eigenvalue weighted by Gasteiger charge is 2.20. The first-order chi connectivity index (χ1) is 15.2. The van der Waals surface area contributed by atoms with Gasteiger partial charge in [-0.05, 0) is 49.2 Å². The molecule has 0 unspecified atom stereocenters. The van der Waals surface area contributed by atoms with Crippen LogP contribution in [0.25, 0.3) is 10.2 Å². The van der Waals surface area contributed by atoms with Crippen LogP contribution in [-0.4, -0.2) is 29.2 Å². The van der Waals surface area contributed by atoms with E-state index in [1.807, 2.05) is 68.4 Å². The third kappa shape index (κ3) is 4.83. The number of hydrogen-bond donors (Lipinski definition) is 1. The predicted octanol–water partition coefficient (Wildman–Crippen LogP) is 5.54. The average Bonchev–Trinajstić information content (AvgIpc) is 3.13. The number of fused-ring (bicyclic) bond motifs is 1. The molecule has 0 aliphatic rings. The molecule has 31 heavy (non-hydrogen) atoms. The number of anilines is 2. The number of ether oxygens (including phenoxy) is 2. The Labute approximate surface area is 184 Å². The first-order valence-corrected chi connectivity index (χ1v) is 10.9. The number of esters is 1. The van der Waals surface area contributed by atoms with E-state index in [0.29, 0.717) is 30.3 Å². The number of aryl methyl sites for hydroxylation is 1. The van der Waals surface area contributed by atoms with Crippen LogP contribution in [0.15, 0.2) is 60.9 Å². The van der Waals surface area contributed by atoms with Crippen LogP contribution in [-0.2, 0) is 11.2 Å². The van der Waals surface area contributed by atoms with E-state index in [-0.39, 0.29) is 5.97 Å². The van der Waals surface area contributed by atoms with Gasteiger partial charge in [-0.25, -0.2) is 14.8 Å². The number of carbonyl (C=O) groups is 1. The van der Waals surface area contributed by atoms with Crippen LogP contribution in [0.2, 0.25) is 0 Å². The number of hydrogen-bond acceptors (Lipinski definition) is 7. The molecule has 4 aromatic rings. The van der Waals surface area contributed by atoms with Crippen molar-refractivity contribution in [3.05, 3.63) is 76.9 Å². The highest BCUT2D eigenvalue weighted by Crippen LogP contribution is 2.35. The first-order valence-electron chi connectivity index (χ1n) is 10.1. The Kier molecular flexibility index (Phi) is 6.43. The van der Waals surface area contributed by atoms with Crippen molar-refractivity contribution in [3.63, 3.8) is 0 Å². The predicted molar refractivity (Wildman–Crippen MR) is 123 cm³/mol. The Morgan fingerprint density at radius 1 is 1.06 bits per heavy atom. The molecule has 4 rings (SSSR count). The molecule has 0 saturated carbocycles. The average molecular weight is 434 g/mol. The molecule has 158 valence electrons. The van der Waals surface area contributed by atoms with Crippen molar-refractivity contribution in [2.24, 2.45) is 0 Å². The normalized spacial score (nSPS) is 10.8. The van der Waals surface area contributed by atoms with Crippen LogP contribution >= 0.6 is 11.3 Å². The third-order valence-electron chi connectivity index (χ3n) is 4.81. The number of benzene rings is 2. The Balaban J connectivity index is 1.51. The topological polar surface area (TPSA) is 73.3 Å².